The first-order chi connectivity index (χ1) is 13.2. The molecule has 0 aliphatic carbocycles. The van der Waals surface area contributed by atoms with Crippen LogP contribution in [0.2, 0.25) is 0 Å². The van der Waals surface area contributed by atoms with E-state index in [-0.39, 0.29) is 5.75 Å². The SMILES string of the molecule is COc1cc(C#N)ccc1OC(=O)c1cc2ccccc2c2cccnc12. The summed E-state index contributed by atoms with van der Waals surface area (Å²) in [6.07, 6.45) is 1.65. The highest BCUT2D eigenvalue weighted by atomic mass is 16.6. The van der Waals surface area contributed by atoms with E-state index < -0.39 is 5.97 Å². The molecule has 0 bridgehead atoms. The van der Waals surface area contributed by atoms with E-state index in [0.717, 1.165) is 16.2 Å². The lowest BCUT2D eigenvalue weighted by molar-refractivity contribution is 0.0731. The second kappa shape index (κ2) is 6.77. The van der Waals surface area contributed by atoms with Gasteiger partial charge in [0.2, 0.25) is 0 Å². The average Bonchev–Trinajstić information content (AvgIpc) is 2.73. The topological polar surface area (TPSA) is 72.2 Å². The molecule has 27 heavy (non-hydrogen) atoms. The van der Waals surface area contributed by atoms with Crippen molar-refractivity contribution in [1.82, 2.24) is 4.98 Å². The lowest BCUT2D eigenvalue weighted by Crippen LogP contribution is -2.10. The molecule has 5 nitrogen and oxygen atoms in total. The molecule has 4 rings (SSSR count). The third-order valence-electron chi connectivity index (χ3n) is 4.33. The number of benzene rings is 3. The molecule has 0 fully saturated rings. The number of carbonyl (C=O) groups excluding carboxylic acids is 1. The lowest BCUT2D eigenvalue weighted by atomic mass is 10.0. The number of nitrogens with zero attached hydrogens (tertiary/aromatic N) is 2. The number of ether oxygens (including phenoxy) is 2. The number of rotatable bonds is 3. The van der Waals surface area contributed by atoms with Crippen LogP contribution < -0.4 is 9.47 Å². The summed E-state index contributed by atoms with van der Waals surface area (Å²) in [6.45, 7) is 0. The summed E-state index contributed by atoms with van der Waals surface area (Å²) in [5, 5.41) is 11.8. The minimum Gasteiger partial charge on any atom is -0.493 e. The number of hydrogen-bond acceptors (Lipinski definition) is 5. The molecule has 5 heteroatoms. The zero-order chi connectivity index (χ0) is 18.8. The van der Waals surface area contributed by atoms with E-state index in [4.69, 9.17) is 14.7 Å². The molecule has 0 saturated heterocycles. The first-order valence-corrected chi connectivity index (χ1v) is 8.28. The van der Waals surface area contributed by atoms with Gasteiger partial charge >= 0.3 is 5.97 Å². The molecule has 0 saturated carbocycles. The molecule has 1 aromatic heterocycles. The summed E-state index contributed by atoms with van der Waals surface area (Å²) in [5.74, 6) is 0.0339. The van der Waals surface area contributed by atoms with Gasteiger partial charge < -0.3 is 9.47 Å². The van der Waals surface area contributed by atoms with Crippen LogP contribution in [0.15, 0.2) is 66.9 Å². The molecular weight excluding hydrogens is 340 g/mol. The Balaban J connectivity index is 1.82. The second-order valence-corrected chi connectivity index (χ2v) is 5.91. The van der Waals surface area contributed by atoms with E-state index in [1.54, 1.807) is 24.4 Å². The van der Waals surface area contributed by atoms with E-state index in [2.05, 4.69) is 4.98 Å². The zero-order valence-electron chi connectivity index (χ0n) is 14.5. The molecule has 0 unspecified atom stereocenters. The van der Waals surface area contributed by atoms with Crippen LogP contribution in [0.1, 0.15) is 15.9 Å². The van der Waals surface area contributed by atoms with Crippen molar-refractivity contribution < 1.29 is 14.3 Å². The molecular formula is C22H14N2O3. The van der Waals surface area contributed by atoms with Crippen LogP contribution in [0, 0.1) is 11.3 Å². The molecule has 0 aliphatic rings. The molecule has 0 radical (unpaired) electrons. The maximum absolute atomic E-state index is 12.9. The Labute approximate surface area is 155 Å². The lowest BCUT2D eigenvalue weighted by Gasteiger charge is -2.12. The number of methoxy groups -OCH3 is 1. The van der Waals surface area contributed by atoms with Gasteiger partial charge in [-0.1, -0.05) is 30.3 Å². The zero-order valence-corrected chi connectivity index (χ0v) is 14.5. The highest BCUT2D eigenvalue weighted by Gasteiger charge is 2.18. The van der Waals surface area contributed by atoms with Crippen molar-refractivity contribution in [3.05, 3.63) is 78.0 Å². The van der Waals surface area contributed by atoms with Gasteiger partial charge in [-0.25, -0.2) is 4.79 Å². The van der Waals surface area contributed by atoms with E-state index in [1.807, 2.05) is 42.5 Å². The van der Waals surface area contributed by atoms with Crippen molar-refractivity contribution in [2.45, 2.75) is 0 Å². The van der Waals surface area contributed by atoms with Crippen molar-refractivity contribution in [1.29, 1.82) is 5.26 Å². The van der Waals surface area contributed by atoms with Gasteiger partial charge in [-0.2, -0.15) is 5.26 Å². The minimum absolute atomic E-state index is 0.249. The Morgan fingerprint density at radius 2 is 1.81 bits per heavy atom. The summed E-state index contributed by atoms with van der Waals surface area (Å²) >= 11 is 0. The van der Waals surface area contributed by atoms with E-state index in [0.29, 0.717) is 22.4 Å². The number of pyridine rings is 1. The summed E-state index contributed by atoms with van der Waals surface area (Å²) < 4.78 is 10.8. The first-order valence-electron chi connectivity index (χ1n) is 8.28. The van der Waals surface area contributed by atoms with Gasteiger partial charge in [0.05, 0.1) is 29.8 Å². The van der Waals surface area contributed by atoms with Crippen LogP contribution in [0.5, 0.6) is 11.5 Å². The number of nitriles is 1. The Morgan fingerprint density at radius 3 is 2.63 bits per heavy atom. The third kappa shape index (κ3) is 2.94. The molecule has 3 aromatic carbocycles. The molecule has 1 heterocycles. The smallest absolute Gasteiger partial charge is 0.345 e. The predicted octanol–water partition coefficient (Wildman–Crippen LogP) is 4.49. The summed E-state index contributed by atoms with van der Waals surface area (Å²) in [4.78, 5) is 17.3. The van der Waals surface area contributed by atoms with Crippen LogP contribution in [0.3, 0.4) is 0 Å². The van der Waals surface area contributed by atoms with Gasteiger partial charge in [0.25, 0.3) is 0 Å². The van der Waals surface area contributed by atoms with Crippen molar-refractivity contribution in [3.63, 3.8) is 0 Å². The van der Waals surface area contributed by atoms with Crippen molar-refractivity contribution >= 4 is 27.6 Å². The second-order valence-electron chi connectivity index (χ2n) is 5.91. The Bertz CT molecular complexity index is 1230. The minimum atomic E-state index is -0.535. The average molecular weight is 354 g/mol. The van der Waals surface area contributed by atoms with Crippen LogP contribution >= 0.6 is 0 Å². The summed E-state index contributed by atoms with van der Waals surface area (Å²) in [5.41, 5.74) is 1.37. The Kier molecular flexibility index (Phi) is 4.15. The standard InChI is InChI=1S/C22H14N2O3/c1-26-20-11-14(13-23)8-9-19(20)27-22(25)18-12-15-5-2-3-6-16(15)17-7-4-10-24-21(17)18/h2-12H,1H3. The summed E-state index contributed by atoms with van der Waals surface area (Å²) in [6, 6.07) is 20.0. The van der Waals surface area contributed by atoms with Gasteiger partial charge in [0.15, 0.2) is 11.5 Å². The fraction of sp³-hybridized carbons (Fsp3) is 0.0455. The van der Waals surface area contributed by atoms with E-state index in [9.17, 15) is 4.79 Å². The van der Waals surface area contributed by atoms with Gasteiger partial charge in [-0.05, 0) is 35.0 Å². The highest BCUT2D eigenvalue weighted by Crippen LogP contribution is 2.31. The molecule has 4 aromatic rings. The predicted molar refractivity (Wildman–Crippen MR) is 102 cm³/mol. The van der Waals surface area contributed by atoms with Gasteiger partial charge in [0, 0.05) is 17.6 Å². The molecule has 0 atom stereocenters. The number of hydrogen-bond donors (Lipinski definition) is 0. The Hall–Kier alpha value is -3.91. The highest BCUT2D eigenvalue weighted by molar-refractivity contribution is 6.14. The number of carbonyl (C=O) groups is 1. The van der Waals surface area contributed by atoms with Gasteiger partial charge in [0.1, 0.15) is 0 Å². The molecule has 0 aliphatic heterocycles. The van der Waals surface area contributed by atoms with Crippen LogP contribution in [-0.2, 0) is 0 Å². The van der Waals surface area contributed by atoms with Gasteiger partial charge in [-0.3, -0.25) is 4.98 Å². The first kappa shape index (κ1) is 16.6. The van der Waals surface area contributed by atoms with Crippen LogP contribution in [0.25, 0.3) is 21.7 Å². The molecule has 0 N–H and O–H groups in total. The van der Waals surface area contributed by atoms with Crippen molar-refractivity contribution in [2.24, 2.45) is 0 Å². The number of fused-ring (bicyclic) bond motifs is 3. The molecule has 130 valence electrons. The fourth-order valence-electron chi connectivity index (χ4n) is 3.06. The van der Waals surface area contributed by atoms with Gasteiger partial charge in [-0.15, -0.1) is 0 Å². The van der Waals surface area contributed by atoms with E-state index in [1.165, 1.54) is 13.2 Å². The van der Waals surface area contributed by atoms with Crippen molar-refractivity contribution in [3.8, 4) is 17.6 Å². The maximum atomic E-state index is 12.9. The molecule has 0 spiro atoms. The Morgan fingerprint density at radius 1 is 1.00 bits per heavy atom. The largest absolute Gasteiger partial charge is 0.493 e. The van der Waals surface area contributed by atoms with Crippen LogP contribution in [0.4, 0.5) is 0 Å². The number of esters is 1. The van der Waals surface area contributed by atoms with E-state index >= 15 is 0 Å². The monoisotopic (exact) mass is 354 g/mol. The third-order valence-corrected chi connectivity index (χ3v) is 4.33. The maximum Gasteiger partial charge on any atom is 0.345 e. The van der Waals surface area contributed by atoms with Crippen LogP contribution in [-0.4, -0.2) is 18.1 Å². The summed E-state index contributed by atoms with van der Waals surface area (Å²) in [7, 11) is 1.46. The fourth-order valence-corrected chi connectivity index (χ4v) is 3.06. The van der Waals surface area contributed by atoms with Crippen molar-refractivity contribution in [2.75, 3.05) is 7.11 Å². The quantitative estimate of drug-likeness (QED) is 0.308. The number of aromatic nitrogens is 1. The normalized spacial score (nSPS) is 10.5. The molecule has 0 amide bonds.